The van der Waals surface area contributed by atoms with Gasteiger partial charge < -0.3 is 13.9 Å². The fraction of sp³-hybridized carbons (Fsp3) is 0.276. The molecule has 2 aromatic heterocycles. The first-order valence-corrected chi connectivity index (χ1v) is 12.6. The number of para-hydroxylation sites is 2. The molecule has 0 fully saturated rings. The Hall–Kier alpha value is -4.17. The van der Waals surface area contributed by atoms with Crippen molar-refractivity contribution >= 4 is 61.4 Å². The summed E-state index contributed by atoms with van der Waals surface area (Å²) in [5, 5.41) is 13.8. The third kappa shape index (κ3) is 3.36. The monoisotopic (exact) mass is 497 g/mol. The van der Waals surface area contributed by atoms with Gasteiger partial charge in [0.2, 0.25) is 0 Å². The number of aromatic nitrogens is 2. The van der Waals surface area contributed by atoms with E-state index in [1.54, 1.807) is 0 Å². The van der Waals surface area contributed by atoms with Crippen molar-refractivity contribution in [1.82, 2.24) is 14.2 Å². The van der Waals surface area contributed by atoms with E-state index in [4.69, 9.17) is 4.74 Å². The van der Waals surface area contributed by atoms with Crippen LogP contribution in [0.15, 0.2) is 48.5 Å². The Morgan fingerprint density at radius 3 is 2.05 bits per heavy atom. The van der Waals surface area contributed by atoms with Gasteiger partial charge in [0, 0.05) is 53.1 Å². The summed E-state index contributed by atoms with van der Waals surface area (Å²) in [7, 11) is 1.98. The molecule has 0 bridgehead atoms. The molecule has 5 aromatic rings. The van der Waals surface area contributed by atoms with Crippen molar-refractivity contribution in [3.05, 3.63) is 59.7 Å². The lowest BCUT2D eigenvalue weighted by Crippen LogP contribution is -2.25. The second-order valence-corrected chi connectivity index (χ2v) is 9.62. The Morgan fingerprint density at radius 1 is 0.811 bits per heavy atom. The normalized spacial score (nSPS) is 13.5. The van der Waals surface area contributed by atoms with Crippen molar-refractivity contribution < 1.29 is 24.3 Å². The Labute approximate surface area is 212 Å². The summed E-state index contributed by atoms with van der Waals surface area (Å²) >= 11 is 0. The zero-order chi connectivity index (χ0) is 25.8. The molecule has 0 saturated carbocycles. The molecule has 188 valence electrons. The van der Waals surface area contributed by atoms with E-state index in [-0.39, 0.29) is 22.2 Å². The van der Waals surface area contributed by atoms with E-state index >= 15 is 0 Å². The van der Waals surface area contributed by atoms with Crippen molar-refractivity contribution in [2.75, 3.05) is 6.61 Å². The third-order valence-corrected chi connectivity index (χ3v) is 7.45. The smallest absolute Gasteiger partial charge is 0.302 e. The van der Waals surface area contributed by atoms with E-state index in [0.717, 1.165) is 65.1 Å². The van der Waals surface area contributed by atoms with E-state index < -0.39 is 11.8 Å². The van der Waals surface area contributed by atoms with Crippen molar-refractivity contribution in [1.29, 1.82) is 0 Å². The molecule has 0 atom stereocenters. The van der Waals surface area contributed by atoms with Crippen LogP contribution < -0.4 is 0 Å². The molecule has 1 N–H and O–H groups in total. The third-order valence-electron chi connectivity index (χ3n) is 7.45. The van der Waals surface area contributed by atoms with Crippen LogP contribution in [0.5, 0.6) is 0 Å². The van der Waals surface area contributed by atoms with Crippen LogP contribution in [0.25, 0.3) is 43.6 Å². The predicted octanol–water partition coefficient (Wildman–Crippen LogP) is 5.55. The Morgan fingerprint density at radius 2 is 1.38 bits per heavy atom. The molecule has 8 heteroatoms. The number of carbonyl (C=O) groups excluding carboxylic acids is 3. The van der Waals surface area contributed by atoms with Gasteiger partial charge in [-0.15, -0.1) is 5.06 Å². The first kappa shape index (κ1) is 23.2. The minimum absolute atomic E-state index is 0.251. The topological polar surface area (TPSA) is 93.8 Å². The molecular formula is C29H27N3O5. The SMILES string of the molecule is CC(=O)OCCCCCCn1c2ccccc2c2c3c(c4c5ccccc5n(C)c4c21)C(=O)N(O)C3=O. The zero-order valence-corrected chi connectivity index (χ0v) is 20.8. The number of hydrogen-bond acceptors (Lipinski definition) is 5. The molecule has 8 nitrogen and oxygen atoms in total. The summed E-state index contributed by atoms with van der Waals surface area (Å²) in [4.78, 5) is 37.5. The van der Waals surface area contributed by atoms with E-state index in [1.165, 1.54) is 6.92 Å². The van der Waals surface area contributed by atoms with Gasteiger partial charge in [0.25, 0.3) is 11.8 Å². The van der Waals surface area contributed by atoms with Crippen LogP contribution in [0.1, 0.15) is 53.3 Å². The Balaban J connectivity index is 1.59. The highest BCUT2D eigenvalue weighted by Crippen LogP contribution is 2.45. The number of aryl methyl sites for hydroxylation is 2. The average Bonchev–Trinajstić information content (AvgIpc) is 3.46. The van der Waals surface area contributed by atoms with Gasteiger partial charge in [0.1, 0.15) is 0 Å². The summed E-state index contributed by atoms with van der Waals surface area (Å²) in [6.07, 6.45) is 3.61. The molecule has 1 aliphatic heterocycles. The summed E-state index contributed by atoms with van der Waals surface area (Å²) in [5.74, 6) is -1.63. The van der Waals surface area contributed by atoms with Crippen LogP contribution in [0.2, 0.25) is 0 Å². The van der Waals surface area contributed by atoms with Crippen LogP contribution >= 0.6 is 0 Å². The number of nitrogens with zero attached hydrogens (tertiary/aromatic N) is 3. The van der Waals surface area contributed by atoms with E-state index in [9.17, 15) is 19.6 Å². The van der Waals surface area contributed by atoms with Crippen molar-refractivity contribution in [2.24, 2.45) is 7.05 Å². The molecular weight excluding hydrogens is 470 g/mol. The second kappa shape index (κ2) is 8.74. The quantitative estimate of drug-likeness (QED) is 0.138. The van der Waals surface area contributed by atoms with Crippen LogP contribution in [0, 0.1) is 0 Å². The maximum atomic E-state index is 13.3. The number of benzene rings is 3. The standard InChI is InChI=1S/C29H27N3O5/c1-17(33)37-16-10-4-3-9-15-31-21-14-8-6-12-19(21)23-25-24(28(34)32(36)29(25)35)22-18-11-5-7-13-20(18)30(2)26(22)27(23)31/h5-8,11-14,36H,3-4,9-10,15-16H2,1-2H3. The van der Waals surface area contributed by atoms with Crippen LogP contribution in [0.4, 0.5) is 0 Å². The second-order valence-electron chi connectivity index (χ2n) is 9.62. The lowest BCUT2D eigenvalue weighted by Gasteiger charge is -2.11. The Kier molecular flexibility index (Phi) is 5.49. The molecule has 0 unspecified atom stereocenters. The molecule has 3 aromatic carbocycles. The summed E-state index contributed by atoms with van der Waals surface area (Å²) in [6.45, 7) is 2.57. The molecule has 0 spiro atoms. The van der Waals surface area contributed by atoms with Gasteiger partial charge in [-0.2, -0.15) is 0 Å². The predicted molar refractivity (Wildman–Crippen MR) is 141 cm³/mol. The lowest BCUT2D eigenvalue weighted by atomic mass is 9.96. The summed E-state index contributed by atoms with van der Waals surface area (Å²) in [5.41, 5.74) is 4.23. The summed E-state index contributed by atoms with van der Waals surface area (Å²) < 4.78 is 9.37. The number of hydroxylamine groups is 2. The van der Waals surface area contributed by atoms with Crippen molar-refractivity contribution in [2.45, 2.75) is 39.2 Å². The van der Waals surface area contributed by atoms with Crippen LogP contribution in [-0.2, 0) is 23.1 Å². The van der Waals surface area contributed by atoms with Gasteiger partial charge in [-0.05, 0) is 31.4 Å². The van der Waals surface area contributed by atoms with E-state index in [0.29, 0.717) is 17.4 Å². The number of fused-ring (bicyclic) bond motifs is 10. The number of esters is 1. The van der Waals surface area contributed by atoms with Crippen LogP contribution in [-0.4, -0.2) is 43.8 Å². The molecule has 0 aliphatic carbocycles. The fourth-order valence-electron chi connectivity index (χ4n) is 5.88. The molecule has 37 heavy (non-hydrogen) atoms. The minimum Gasteiger partial charge on any atom is -0.466 e. The first-order chi connectivity index (χ1) is 17.9. The highest BCUT2D eigenvalue weighted by Gasteiger charge is 2.41. The van der Waals surface area contributed by atoms with E-state index in [1.807, 2.05) is 55.6 Å². The number of unbranched alkanes of at least 4 members (excludes halogenated alkanes) is 3. The highest BCUT2D eigenvalue weighted by molar-refractivity contribution is 6.39. The minimum atomic E-state index is -0.687. The van der Waals surface area contributed by atoms with Gasteiger partial charge in [0.15, 0.2) is 0 Å². The molecule has 0 saturated heterocycles. The van der Waals surface area contributed by atoms with Gasteiger partial charge >= 0.3 is 5.97 Å². The van der Waals surface area contributed by atoms with Crippen LogP contribution in [0.3, 0.4) is 0 Å². The molecule has 0 radical (unpaired) electrons. The average molecular weight is 498 g/mol. The number of rotatable bonds is 7. The molecule has 2 amide bonds. The number of carbonyl (C=O) groups is 3. The summed E-state index contributed by atoms with van der Waals surface area (Å²) in [6, 6.07) is 15.7. The van der Waals surface area contributed by atoms with Gasteiger partial charge in [-0.1, -0.05) is 42.8 Å². The maximum Gasteiger partial charge on any atom is 0.302 e. The molecule has 3 heterocycles. The molecule has 1 aliphatic rings. The number of hydrogen-bond donors (Lipinski definition) is 1. The number of amides is 2. The lowest BCUT2D eigenvalue weighted by molar-refractivity contribution is -0.141. The van der Waals surface area contributed by atoms with Crippen molar-refractivity contribution in [3.63, 3.8) is 0 Å². The van der Waals surface area contributed by atoms with Crippen molar-refractivity contribution in [3.8, 4) is 0 Å². The largest absolute Gasteiger partial charge is 0.466 e. The molecule has 6 rings (SSSR count). The highest BCUT2D eigenvalue weighted by atomic mass is 16.5. The van der Waals surface area contributed by atoms with E-state index in [2.05, 4.69) is 9.13 Å². The fourth-order valence-corrected chi connectivity index (χ4v) is 5.88. The van der Waals surface area contributed by atoms with Gasteiger partial charge in [0.05, 0.1) is 28.8 Å². The number of ether oxygens (including phenoxy) is 1. The number of imide groups is 1. The zero-order valence-electron chi connectivity index (χ0n) is 20.8. The van der Waals surface area contributed by atoms with Gasteiger partial charge in [-0.3, -0.25) is 19.6 Å². The van der Waals surface area contributed by atoms with Gasteiger partial charge in [-0.25, -0.2) is 0 Å². The first-order valence-electron chi connectivity index (χ1n) is 12.6. The maximum absolute atomic E-state index is 13.3. The Bertz CT molecular complexity index is 1760.